The number of rotatable bonds is 4. The van der Waals surface area contributed by atoms with Crippen LogP contribution in [0.5, 0.6) is 0 Å². The lowest BCUT2D eigenvalue weighted by Gasteiger charge is -2.17. The van der Waals surface area contributed by atoms with Crippen molar-refractivity contribution in [2.45, 2.75) is 30.4 Å². The van der Waals surface area contributed by atoms with E-state index in [1.807, 2.05) is 42.2 Å². The minimum atomic E-state index is 0.143. The van der Waals surface area contributed by atoms with Crippen molar-refractivity contribution in [1.29, 1.82) is 0 Å². The molecule has 0 spiro atoms. The zero-order chi connectivity index (χ0) is 14.7. The van der Waals surface area contributed by atoms with Gasteiger partial charge in [0, 0.05) is 24.1 Å². The first-order chi connectivity index (χ1) is 10.2. The summed E-state index contributed by atoms with van der Waals surface area (Å²) >= 11 is 1.62. The molecule has 0 radical (unpaired) electrons. The van der Waals surface area contributed by atoms with Gasteiger partial charge in [-0.2, -0.15) is 0 Å². The average molecular weight is 302 g/mol. The highest BCUT2D eigenvalue weighted by Gasteiger charge is 2.21. The van der Waals surface area contributed by atoms with Gasteiger partial charge in [0.1, 0.15) is 5.76 Å². The molecule has 1 amide bonds. The Kier molecular flexibility index (Phi) is 4.29. The SMILES string of the molecule is Cc1cc(CSc2ccccc2C(=O)N2CCCC2)on1. The zero-order valence-electron chi connectivity index (χ0n) is 12.0. The molecule has 1 aromatic heterocycles. The zero-order valence-corrected chi connectivity index (χ0v) is 12.9. The van der Waals surface area contributed by atoms with Crippen molar-refractivity contribution in [2.24, 2.45) is 0 Å². The van der Waals surface area contributed by atoms with E-state index < -0.39 is 0 Å². The van der Waals surface area contributed by atoms with Crippen molar-refractivity contribution in [1.82, 2.24) is 10.1 Å². The van der Waals surface area contributed by atoms with E-state index in [0.717, 1.165) is 47.8 Å². The van der Waals surface area contributed by atoms with Gasteiger partial charge in [-0.15, -0.1) is 11.8 Å². The van der Waals surface area contributed by atoms with Crippen LogP contribution in [0.4, 0.5) is 0 Å². The Morgan fingerprint density at radius 3 is 2.81 bits per heavy atom. The third kappa shape index (κ3) is 3.29. The maximum Gasteiger partial charge on any atom is 0.254 e. The standard InChI is InChI=1S/C16H18N2O2S/c1-12-10-13(20-17-12)11-21-15-7-3-2-6-14(15)16(19)18-8-4-5-9-18/h2-3,6-7,10H,4-5,8-9,11H2,1H3. The fraction of sp³-hybridized carbons (Fsp3) is 0.375. The second-order valence-corrected chi connectivity index (χ2v) is 6.24. The van der Waals surface area contributed by atoms with Gasteiger partial charge in [0.25, 0.3) is 5.91 Å². The van der Waals surface area contributed by atoms with Crippen molar-refractivity contribution in [3.63, 3.8) is 0 Å². The Bertz CT molecular complexity index is 633. The van der Waals surface area contributed by atoms with E-state index >= 15 is 0 Å². The third-order valence-electron chi connectivity index (χ3n) is 3.56. The molecule has 3 rings (SSSR count). The van der Waals surface area contributed by atoms with Crippen LogP contribution in [0.3, 0.4) is 0 Å². The van der Waals surface area contributed by atoms with Gasteiger partial charge in [0.2, 0.25) is 0 Å². The number of carbonyl (C=O) groups is 1. The molecule has 1 aromatic carbocycles. The molecular formula is C16H18N2O2S. The van der Waals surface area contributed by atoms with Crippen molar-refractivity contribution >= 4 is 17.7 Å². The second kappa shape index (κ2) is 6.35. The number of hydrogen-bond acceptors (Lipinski definition) is 4. The number of hydrogen-bond donors (Lipinski definition) is 0. The number of aryl methyl sites for hydroxylation is 1. The third-order valence-corrected chi connectivity index (χ3v) is 4.65. The maximum absolute atomic E-state index is 12.6. The van der Waals surface area contributed by atoms with Crippen LogP contribution in [0.15, 0.2) is 39.8 Å². The van der Waals surface area contributed by atoms with E-state index in [-0.39, 0.29) is 5.91 Å². The lowest BCUT2D eigenvalue weighted by molar-refractivity contribution is 0.0789. The Morgan fingerprint density at radius 2 is 2.10 bits per heavy atom. The highest BCUT2D eigenvalue weighted by Crippen LogP contribution is 2.28. The molecular weight excluding hydrogens is 284 g/mol. The molecule has 2 aromatic rings. The quantitative estimate of drug-likeness (QED) is 0.811. The van der Waals surface area contributed by atoms with Crippen molar-refractivity contribution in [3.05, 3.63) is 47.3 Å². The number of carbonyl (C=O) groups excluding carboxylic acids is 1. The number of nitrogens with zero attached hydrogens (tertiary/aromatic N) is 2. The monoisotopic (exact) mass is 302 g/mol. The van der Waals surface area contributed by atoms with E-state index in [1.165, 1.54) is 0 Å². The minimum absolute atomic E-state index is 0.143. The topological polar surface area (TPSA) is 46.3 Å². The van der Waals surface area contributed by atoms with Crippen LogP contribution in [0.2, 0.25) is 0 Å². The molecule has 1 fully saturated rings. The van der Waals surface area contributed by atoms with E-state index in [1.54, 1.807) is 11.8 Å². The smallest absolute Gasteiger partial charge is 0.254 e. The normalized spacial score (nSPS) is 14.6. The van der Waals surface area contributed by atoms with Crippen molar-refractivity contribution in [3.8, 4) is 0 Å². The van der Waals surface area contributed by atoms with Crippen LogP contribution >= 0.6 is 11.8 Å². The van der Waals surface area contributed by atoms with E-state index in [4.69, 9.17) is 4.52 Å². The van der Waals surface area contributed by atoms with Crippen LogP contribution in [0.25, 0.3) is 0 Å². The highest BCUT2D eigenvalue weighted by molar-refractivity contribution is 7.98. The molecule has 0 aliphatic carbocycles. The molecule has 1 aliphatic heterocycles. The molecule has 21 heavy (non-hydrogen) atoms. The molecule has 4 nitrogen and oxygen atoms in total. The summed E-state index contributed by atoms with van der Waals surface area (Å²) in [5.74, 6) is 1.66. The van der Waals surface area contributed by atoms with Gasteiger partial charge in [0.05, 0.1) is 17.0 Å². The van der Waals surface area contributed by atoms with Crippen LogP contribution in [-0.2, 0) is 5.75 Å². The molecule has 0 bridgehead atoms. The molecule has 5 heteroatoms. The van der Waals surface area contributed by atoms with Gasteiger partial charge in [-0.1, -0.05) is 17.3 Å². The number of aromatic nitrogens is 1. The van der Waals surface area contributed by atoms with E-state index in [0.29, 0.717) is 5.75 Å². The first kappa shape index (κ1) is 14.2. The van der Waals surface area contributed by atoms with Gasteiger partial charge >= 0.3 is 0 Å². The van der Waals surface area contributed by atoms with Crippen LogP contribution < -0.4 is 0 Å². The Labute approximate surface area is 128 Å². The summed E-state index contributed by atoms with van der Waals surface area (Å²) in [5.41, 5.74) is 1.67. The molecule has 110 valence electrons. The van der Waals surface area contributed by atoms with Gasteiger partial charge < -0.3 is 9.42 Å². The summed E-state index contributed by atoms with van der Waals surface area (Å²) < 4.78 is 5.22. The van der Waals surface area contributed by atoms with Crippen molar-refractivity contribution in [2.75, 3.05) is 13.1 Å². The molecule has 0 unspecified atom stereocenters. The van der Waals surface area contributed by atoms with Crippen molar-refractivity contribution < 1.29 is 9.32 Å². The molecule has 0 atom stereocenters. The van der Waals surface area contributed by atoms with Gasteiger partial charge in [0.15, 0.2) is 0 Å². The Hall–Kier alpha value is -1.75. The Morgan fingerprint density at radius 1 is 1.33 bits per heavy atom. The van der Waals surface area contributed by atoms with E-state index in [2.05, 4.69) is 5.16 Å². The Balaban J connectivity index is 1.74. The summed E-state index contributed by atoms with van der Waals surface area (Å²) in [6.45, 7) is 3.65. The second-order valence-electron chi connectivity index (χ2n) is 5.22. The summed E-state index contributed by atoms with van der Waals surface area (Å²) in [6.07, 6.45) is 2.22. The van der Waals surface area contributed by atoms with Gasteiger partial charge in [-0.25, -0.2) is 0 Å². The van der Waals surface area contributed by atoms with E-state index in [9.17, 15) is 4.79 Å². The predicted molar refractivity (Wildman–Crippen MR) is 82.4 cm³/mol. The largest absolute Gasteiger partial charge is 0.360 e. The maximum atomic E-state index is 12.6. The number of likely N-dealkylation sites (tertiary alicyclic amines) is 1. The fourth-order valence-electron chi connectivity index (χ4n) is 2.49. The lowest BCUT2D eigenvalue weighted by atomic mass is 10.2. The lowest BCUT2D eigenvalue weighted by Crippen LogP contribution is -2.28. The summed E-state index contributed by atoms with van der Waals surface area (Å²) in [4.78, 5) is 15.5. The van der Waals surface area contributed by atoms with Crippen LogP contribution in [0, 0.1) is 6.92 Å². The molecule has 0 N–H and O–H groups in total. The average Bonchev–Trinajstić information content (AvgIpc) is 3.16. The van der Waals surface area contributed by atoms with Gasteiger partial charge in [-0.3, -0.25) is 4.79 Å². The summed E-state index contributed by atoms with van der Waals surface area (Å²) in [6, 6.07) is 9.73. The van der Waals surface area contributed by atoms with Gasteiger partial charge in [-0.05, 0) is 31.9 Å². The minimum Gasteiger partial charge on any atom is -0.360 e. The van der Waals surface area contributed by atoms with Crippen LogP contribution in [0.1, 0.15) is 34.7 Å². The molecule has 0 saturated carbocycles. The number of benzene rings is 1. The summed E-state index contributed by atoms with van der Waals surface area (Å²) in [5, 5.41) is 3.89. The highest BCUT2D eigenvalue weighted by atomic mass is 32.2. The number of thioether (sulfide) groups is 1. The first-order valence-electron chi connectivity index (χ1n) is 7.17. The summed E-state index contributed by atoms with van der Waals surface area (Å²) in [7, 11) is 0. The molecule has 2 heterocycles. The predicted octanol–water partition coefficient (Wildman–Crippen LogP) is 3.51. The molecule has 1 saturated heterocycles. The number of amides is 1. The first-order valence-corrected chi connectivity index (χ1v) is 8.16. The van der Waals surface area contributed by atoms with Crippen LogP contribution in [-0.4, -0.2) is 29.1 Å². The fourth-order valence-corrected chi connectivity index (χ4v) is 3.41. The molecule has 1 aliphatic rings.